The van der Waals surface area contributed by atoms with Crippen molar-refractivity contribution in [3.05, 3.63) is 29.8 Å². The molecule has 5 heteroatoms. The fourth-order valence-corrected chi connectivity index (χ4v) is 2.07. The molecule has 4 nitrogen and oxygen atoms in total. The smallest absolute Gasteiger partial charge is 0.335 e. The van der Waals surface area contributed by atoms with Crippen LogP contribution >= 0.6 is 11.8 Å². The second-order valence-corrected chi connectivity index (χ2v) is 5.44. The summed E-state index contributed by atoms with van der Waals surface area (Å²) in [5, 5.41) is 17.8. The summed E-state index contributed by atoms with van der Waals surface area (Å²) in [4.78, 5) is 10.6. The van der Waals surface area contributed by atoms with E-state index in [4.69, 9.17) is 14.9 Å². The summed E-state index contributed by atoms with van der Waals surface area (Å²) in [6.45, 7) is 2.77. The van der Waals surface area contributed by atoms with Crippen molar-refractivity contribution in [1.29, 1.82) is 0 Å². The number of hydrogen-bond donors (Lipinski definition) is 2. The van der Waals surface area contributed by atoms with E-state index in [1.807, 2.05) is 6.92 Å². The molecule has 0 spiro atoms. The Balaban J connectivity index is 2.21. The van der Waals surface area contributed by atoms with Gasteiger partial charge in [0.1, 0.15) is 5.75 Å². The Bertz CT molecular complexity index is 364. The van der Waals surface area contributed by atoms with Gasteiger partial charge in [0.2, 0.25) is 0 Å². The molecule has 0 aliphatic heterocycles. The van der Waals surface area contributed by atoms with Gasteiger partial charge in [-0.3, -0.25) is 0 Å². The van der Waals surface area contributed by atoms with Crippen molar-refractivity contribution in [3.8, 4) is 5.75 Å². The summed E-state index contributed by atoms with van der Waals surface area (Å²) < 4.78 is 5.49. The topological polar surface area (TPSA) is 66.8 Å². The molecule has 0 amide bonds. The molecule has 1 unspecified atom stereocenters. The third-order valence-electron chi connectivity index (χ3n) is 2.32. The molecule has 18 heavy (non-hydrogen) atoms. The van der Waals surface area contributed by atoms with Crippen LogP contribution in [0.5, 0.6) is 5.75 Å². The molecule has 0 aromatic heterocycles. The predicted octanol–water partition coefficient (Wildman–Crippen LogP) is 2.27. The van der Waals surface area contributed by atoms with Crippen LogP contribution in [-0.2, 0) is 0 Å². The average molecular weight is 270 g/mol. The summed E-state index contributed by atoms with van der Waals surface area (Å²) in [7, 11) is 0. The van der Waals surface area contributed by atoms with Crippen LogP contribution in [0.3, 0.4) is 0 Å². The molecule has 0 saturated carbocycles. The molecule has 0 radical (unpaired) electrons. The van der Waals surface area contributed by atoms with Gasteiger partial charge in [-0.05, 0) is 36.4 Å². The van der Waals surface area contributed by atoms with Gasteiger partial charge >= 0.3 is 5.97 Å². The number of rotatable bonds is 8. The molecule has 0 saturated heterocycles. The Morgan fingerprint density at radius 3 is 2.61 bits per heavy atom. The number of carboxylic acids is 1. The zero-order chi connectivity index (χ0) is 13.4. The molecule has 0 heterocycles. The maximum atomic E-state index is 10.6. The summed E-state index contributed by atoms with van der Waals surface area (Å²) in [5.74, 6) is 0.686. The molecule has 0 fully saturated rings. The normalized spacial score (nSPS) is 12.1. The lowest BCUT2D eigenvalue weighted by atomic mass is 10.2. The Morgan fingerprint density at radius 1 is 1.39 bits per heavy atom. The Labute approximate surface area is 111 Å². The molecular weight excluding hydrogens is 252 g/mol. The first-order valence-corrected chi connectivity index (χ1v) is 6.87. The van der Waals surface area contributed by atoms with Crippen molar-refractivity contribution in [3.63, 3.8) is 0 Å². The van der Waals surface area contributed by atoms with Gasteiger partial charge in [0.15, 0.2) is 0 Å². The van der Waals surface area contributed by atoms with Crippen molar-refractivity contribution in [1.82, 2.24) is 0 Å². The highest BCUT2D eigenvalue weighted by molar-refractivity contribution is 7.99. The third-order valence-corrected chi connectivity index (χ3v) is 3.56. The van der Waals surface area contributed by atoms with Crippen molar-refractivity contribution < 1.29 is 19.7 Å². The zero-order valence-electron chi connectivity index (χ0n) is 10.3. The van der Waals surface area contributed by atoms with Gasteiger partial charge in [0, 0.05) is 5.25 Å². The quantitative estimate of drug-likeness (QED) is 0.709. The molecule has 2 N–H and O–H groups in total. The van der Waals surface area contributed by atoms with Crippen molar-refractivity contribution in [2.45, 2.75) is 18.6 Å². The molecule has 1 aromatic rings. The summed E-state index contributed by atoms with van der Waals surface area (Å²) in [5.41, 5.74) is 0.259. The predicted molar refractivity (Wildman–Crippen MR) is 72.5 cm³/mol. The number of benzene rings is 1. The number of ether oxygens (including phenoxy) is 1. The van der Waals surface area contributed by atoms with Crippen LogP contribution in [0, 0.1) is 0 Å². The van der Waals surface area contributed by atoms with Crippen LogP contribution in [0.25, 0.3) is 0 Å². The first-order chi connectivity index (χ1) is 8.63. The number of carboxylic acid groups (broad SMARTS) is 1. The van der Waals surface area contributed by atoms with Crippen molar-refractivity contribution in [2.24, 2.45) is 0 Å². The lowest BCUT2D eigenvalue weighted by Crippen LogP contribution is -2.05. The second-order valence-electron chi connectivity index (χ2n) is 3.90. The Kier molecular flexibility index (Phi) is 6.60. The lowest BCUT2D eigenvalue weighted by molar-refractivity contribution is 0.0697. The largest absolute Gasteiger partial charge is 0.494 e. The zero-order valence-corrected chi connectivity index (χ0v) is 11.2. The van der Waals surface area contributed by atoms with Crippen LogP contribution in [-0.4, -0.2) is 40.4 Å². The number of aliphatic hydroxyl groups is 1. The number of aliphatic hydroxyl groups excluding tert-OH is 1. The van der Waals surface area contributed by atoms with Crippen molar-refractivity contribution >= 4 is 17.7 Å². The first-order valence-electron chi connectivity index (χ1n) is 5.82. The summed E-state index contributed by atoms with van der Waals surface area (Å²) in [6, 6.07) is 6.38. The van der Waals surface area contributed by atoms with E-state index in [9.17, 15) is 4.79 Å². The number of thioether (sulfide) groups is 1. The molecule has 0 aliphatic rings. The minimum Gasteiger partial charge on any atom is -0.494 e. The molecule has 1 aromatic carbocycles. The first kappa shape index (κ1) is 14.9. The van der Waals surface area contributed by atoms with Gasteiger partial charge in [0.25, 0.3) is 0 Å². The van der Waals surface area contributed by atoms with E-state index in [1.165, 1.54) is 12.1 Å². The van der Waals surface area contributed by atoms with Gasteiger partial charge in [-0.15, -0.1) is 0 Å². The van der Waals surface area contributed by atoms with Gasteiger partial charge in [-0.2, -0.15) is 11.8 Å². The molecule has 1 atom stereocenters. The van der Waals surface area contributed by atoms with E-state index < -0.39 is 5.97 Å². The van der Waals surface area contributed by atoms with Crippen molar-refractivity contribution in [2.75, 3.05) is 19.0 Å². The molecule has 100 valence electrons. The van der Waals surface area contributed by atoms with Crippen LogP contribution in [0.1, 0.15) is 23.7 Å². The van der Waals surface area contributed by atoms with E-state index >= 15 is 0 Å². The van der Waals surface area contributed by atoms with Gasteiger partial charge < -0.3 is 14.9 Å². The Morgan fingerprint density at radius 2 is 2.06 bits per heavy atom. The standard InChI is InChI=1S/C13H18O4S/c1-10(9-14)18-8-2-7-17-12-5-3-11(4-6-12)13(15)16/h3-6,10,14H,2,7-9H2,1H3,(H,15,16). The third kappa shape index (κ3) is 5.42. The average Bonchev–Trinajstić information content (AvgIpc) is 2.38. The fourth-order valence-electron chi connectivity index (χ4n) is 1.28. The highest BCUT2D eigenvalue weighted by atomic mass is 32.2. The van der Waals surface area contributed by atoms with Crippen LogP contribution in [0.4, 0.5) is 0 Å². The maximum Gasteiger partial charge on any atom is 0.335 e. The number of hydrogen-bond acceptors (Lipinski definition) is 4. The Hall–Kier alpha value is -1.20. The second kappa shape index (κ2) is 8.00. The molecule has 0 aliphatic carbocycles. The highest BCUT2D eigenvalue weighted by Crippen LogP contribution is 2.14. The lowest BCUT2D eigenvalue weighted by Gasteiger charge is -2.08. The maximum absolute atomic E-state index is 10.6. The molecule has 0 bridgehead atoms. The molecular formula is C13H18O4S. The van der Waals surface area contributed by atoms with Gasteiger partial charge in [0.05, 0.1) is 18.8 Å². The fraction of sp³-hybridized carbons (Fsp3) is 0.462. The summed E-state index contributed by atoms with van der Waals surface area (Å²) >= 11 is 1.71. The number of carbonyl (C=O) groups is 1. The highest BCUT2D eigenvalue weighted by Gasteiger charge is 2.02. The van der Waals surface area contributed by atoms with Crippen LogP contribution < -0.4 is 4.74 Å². The van der Waals surface area contributed by atoms with E-state index in [0.29, 0.717) is 12.4 Å². The van der Waals surface area contributed by atoms with E-state index in [1.54, 1.807) is 23.9 Å². The summed E-state index contributed by atoms with van der Waals surface area (Å²) in [6.07, 6.45) is 0.899. The minimum absolute atomic E-state index is 0.197. The van der Waals surface area contributed by atoms with Crippen LogP contribution in [0.15, 0.2) is 24.3 Å². The van der Waals surface area contributed by atoms with E-state index in [2.05, 4.69) is 0 Å². The SMILES string of the molecule is CC(CO)SCCCOc1ccc(C(=O)O)cc1. The van der Waals surface area contributed by atoms with E-state index in [0.717, 1.165) is 12.2 Å². The van der Waals surface area contributed by atoms with E-state index in [-0.39, 0.29) is 17.4 Å². The number of aromatic carboxylic acids is 1. The van der Waals surface area contributed by atoms with Gasteiger partial charge in [-0.1, -0.05) is 6.92 Å². The minimum atomic E-state index is -0.934. The monoisotopic (exact) mass is 270 g/mol. The molecule has 1 rings (SSSR count). The van der Waals surface area contributed by atoms with Crippen LogP contribution in [0.2, 0.25) is 0 Å². The van der Waals surface area contributed by atoms with Gasteiger partial charge in [-0.25, -0.2) is 4.79 Å².